The maximum atomic E-state index is 12.6. The lowest BCUT2D eigenvalue weighted by Crippen LogP contribution is -2.20. The van der Waals surface area contributed by atoms with E-state index in [1.165, 1.54) is 0 Å². The molecule has 4 rings (SSSR count). The summed E-state index contributed by atoms with van der Waals surface area (Å²) in [7, 11) is 3.11. The van der Waals surface area contributed by atoms with Gasteiger partial charge in [0.1, 0.15) is 23.9 Å². The first-order chi connectivity index (χ1) is 19.1. The number of pyridine rings is 1. The van der Waals surface area contributed by atoms with E-state index in [1.54, 1.807) is 62.8 Å². The number of aromatic amines is 1. The molecule has 0 saturated heterocycles. The minimum absolute atomic E-state index is 0.132. The van der Waals surface area contributed by atoms with Crippen LogP contribution in [0.2, 0.25) is 5.02 Å². The lowest BCUT2D eigenvalue weighted by molar-refractivity contribution is 0.0955. The molecule has 0 saturated carbocycles. The summed E-state index contributed by atoms with van der Waals surface area (Å²) in [5, 5.41) is 15.9. The van der Waals surface area contributed by atoms with Crippen LogP contribution in [-0.2, 0) is 10.2 Å². The molecule has 11 nitrogen and oxygen atoms in total. The molecule has 40 heavy (non-hydrogen) atoms. The number of benzene rings is 2. The van der Waals surface area contributed by atoms with Crippen LogP contribution in [0.3, 0.4) is 0 Å². The number of aromatic nitrogens is 3. The Hall–Kier alpha value is -4.35. The minimum Gasteiger partial charge on any atom is -0.490 e. The number of nitrogens with zero attached hydrogens (tertiary/aromatic N) is 2. The summed E-state index contributed by atoms with van der Waals surface area (Å²) in [6.07, 6.45) is 1.60. The van der Waals surface area contributed by atoms with Gasteiger partial charge in [0.05, 0.1) is 28.4 Å². The smallest absolute Gasteiger partial charge is 0.324 e. The Labute approximate surface area is 236 Å². The van der Waals surface area contributed by atoms with E-state index in [2.05, 4.69) is 31.1 Å². The number of anilines is 2. The van der Waals surface area contributed by atoms with Gasteiger partial charge in [-0.25, -0.2) is 4.79 Å². The van der Waals surface area contributed by atoms with E-state index < -0.39 is 6.03 Å². The van der Waals surface area contributed by atoms with Gasteiger partial charge in [0.15, 0.2) is 5.82 Å². The minimum atomic E-state index is -0.493. The van der Waals surface area contributed by atoms with Crippen LogP contribution in [0.5, 0.6) is 17.2 Å². The molecule has 0 bridgehead atoms. The molecule has 0 aliphatic carbocycles. The van der Waals surface area contributed by atoms with Gasteiger partial charge in [-0.05, 0) is 24.3 Å². The van der Waals surface area contributed by atoms with Crippen LogP contribution in [0.4, 0.5) is 16.3 Å². The summed E-state index contributed by atoms with van der Waals surface area (Å²) in [5.74, 6) is 1.35. The summed E-state index contributed by atoms with van der Waals surface area (Å²) in [4.78, 5) is 29.5. The molecule has 210 valence electrons. The second-order valence-electron chi connectivity index (χ2n) is 9.83. The van der Waals surface area contributed by atoms with E-state index in [1.807, 2.05) is 20.8 Å². The summed E-state index contributed by atoms with van der Waals surface area (Å²) in [6.45, 7) is 6.77. The molecule has 0 aliphatic rings. The summed E-state index contributed by atoms with van der Waals surface area (Å²) in [6, 6.07) is 11.2. The van der Waals surface area contributed by atoms with Crippen molar-refractivity contribution in [3.63, 3.8) is 0 Å². The molecular formula is C28H31ClN6O5. The number of hydrogen-bond donors (Lipinski definition) is 4. The fourth-order valence-electron chi connectivity index (χ4n) is 3.73. The monoisotopic (exact) mass is 566 g/mol. The van der Waals surface area contributed by atoms with Gasteiger partial charge in [-0.1, -0.05) is 32.4 Å². The normalized spacial score (nSPS) is 11.2. The molecular weight excluding hydrogens is 536 g/mol. The summed E-state index contributed by atoms with van der Waals surface area (Å²) < 4.78 is 16.9. The molecule has 4 N–H and O–H groups in total. The van der Waals surface area contributed by atoms with Crippen molar-refractivity contribution in [2.75, 3.05) is 38.0 Å². The number of methoxy groups -OCH3 is 1. The molecule has 0 aliphatic heterocycles. The first-order valence-corrected chi connectivity index (χ1v) is 12.8. The molecule has 2 aromatic heterocycles. The van der Waals surface area contributed by atoms with E-state index in [0.717, 1.165) is 5.69 Å². The molecule has 0 spiro atoms. The molecule has 0 radical (unpaired) electrons. The Balaban J connectivity index is 1.52. The predicted octanol–water partition coefficient (Wildman–Crippen LogP) is 5.73. The highest BCUT2D eigenvalue weighted by Crippen LogP contribution is 2.35. The van der Waals surface area contributed by atoms with Crippen molar-refractivity contribution in [3.8, 4) is 17.2 Å². The fraction of sp³-hybridized carbons (Fsp3) is 0.286. The van der Waals surface area contributed by atoms with Crippen molar-refractivity contribution < 1.29 is 23.8 Å². The average molecular weight is 567 g/mol. The SMILES string of the molecule is CNC(=O)c1cc2c(Oc3ccc(NC(=O)Nc4cc(C(C)(C)C)[nH]n4)c(Cl)c3)ccnc2cc1OCCOC. The Morgan fingerprint density at radius 2 is 1.82 bits per heavy atom. The predicted molar refractivity (Wildman–Crippen MR) is 154 cm³/mol. The summed E-state index contributed by atoms with van der Waals surface area (Å²) >= 11 is 6.46. The highest BCUT2D eigenvalue weighted by atomic mass is 35.5. The van der Waals surface area contributed by atoms with Gasteiger partial charge >= 0.3 is 6.03 Å². The Morgan fingerprint density at radius 1 is 1.02 bits per heavy atom. The van der Waals surface area contributed by atoms with Crippen molar-refractivity contribution in [2.45, 2.75) is 26.2 Å². The van der Waals surface area contributed by atoms with Crippen LogP contribution in [0.1, 0.15) is 36.8 Å². The van der Waals surface area contributed by atoms with Crippen molar-refractivity contribution in [1.29, 1.82) is 0 Å². The van der Waals surface area contributed by atoms with Gasteiger partial charge < -0.3 is 24.8 Å². The van der Waals surface area contributed by atoms with Gasteiger partial charge in [0.25, 0.3) is 5.91 Å². The van der Waals surface area contributed by atoms with E-state index in [0.29, 0.717) is 51.8 Å². The highest BCUT2D eigenvalue weighted by Gasteiger charge is 2.19. The molecule has 2 heterocycles. The molecule has 3 amide bonds. The standard InChI is InChI=1S/C28H31ClN6O5/c1-28(2,3)24-15-25(35-34-24)33-27(37)32-20-7-6-16(12-19(20)29)40-22-8-9-31-21-14-23(39-11-10-38-5)18(13-17(21)22)26(36)30-4/h6-9,12-15H,10-11H2,1-5H3,(H,30,36)(H3,32,33,34,35,37). The number of carbonyl (C=O) groups excluding carboxylic acids is 2. The molecule has 0 unspecified atom stereocenters. The van der Waals surface area contributed by atoms with Crippen molar-refractivity contribution >= 4 is 45.9 Å². The lowest BCUT2D eigenvalue weighted by Gasteiger charge is -2.15. The number of carbonyl (C=O) groups is 2. The number of H-pyrrole nitrogens is 1. The number of urea groups is 1. The third-order valence-electron chi connectivity index (χ3n) is 5.86. The number of rotatable bonds is 9. The third-order valence-corrected chi connectivity index (χ3v) is 6.18. The largest absolute Gasteiger partial charge is 0.490 e. The topological polar surface area (TPSA) is 139 Å². The van der Waals surface area contributed by atoms with Crippen LogP contribution in [0, 0.1) is 0 Å². The maximum Gasteiger partial charge on any atom is 0.324 e. The zero-order valence-electron chi connectivity index (χ0n) is 22.8. The van der Waals surface area contributed by atoms with E-state index in [-0.39, 0.29) is 23.0 Å². The second kappa shape index (κ2) is 12.2. The number of nitrogens with one attached hydrogen (secondary N) is 4. The molecule has 4 aromatic rings. The second-order valence-corrected chi connectivity index (χ2v) is 10.2. The highest BCUT2D eigenvalue weighted by molar-refractivity contribution is 6.34. The first kappa shape index (κ1) is 28.7. The average Bonchev–Trinajstić information content (AvgIpc) is 3.39. The van der Waals surface area contributed by atoms with E-state index in [9.17, 15) is 9.59 Å². The number of fused-ring (bicyclic) bond motifs is 1. The van der Waals surface area contributed by atoms with Crippen LogP contribution in [-0.4, -0.2) is 54.5 Å². The first-order valence-electron chi connectivity index (χ1n) is 12.5. The van der Waals surface area contributed by atoms with Crippen LogP contribution in [0.15, 0.2) is 48.7 Å². The number of hydrogen-bond acceptors (Lipinski definition) is 7. The van der Waals surface area contributed by atoms with Crippen LogP contribution < -0.4 is 25.4 Å². The fourth-order valence-corrected chi connectivity index (χ4v) is 3.95. The van der Waals surface area contributed by atoms with Crippen molar-refractivity contribution in [1.82, 2.24) is 20.5 Å². The van der Waals surface area contributed by atoms with Crippen molar-refractivity contribution in [3.05, 3.63) is 64.9 Å². The van der Waals surface area contributed by atoms with Gasteiger partial charge in [0.2, 0.25) is 0 Å². The lowest BCUT2D eigenvalue weighted by atomic mass is 9.92. The quantitative estimate of drug-likeness (QED) is 0.190. The zero-order valence-corrected chi connectivity index (χ0v) is 23.6. The third kappa shape index (κ3) is 6.80. The van der Waals surface area contributed by atoms with Crippen molar-refractivity contribution in [2.24, 2.45) is 0 Å². The number of ether oxygens (including phenoxy) is 3. The van der Waals surface area contributed by atoms with Crippen LogP contribution in [0.25, 0.3) is 10.9 Å². The Bertz CT molecular complexity index is 1530. The summed E-state index contributed by atoms with van der Waals surface area (Å²) in [5.41, 5.74) is 2.05. The molecule has 12 heteroatoms. The number of amides is 3. The Kier molecular flexibility index (Phi) is 8.76. The molecule has 2 aromatic carbocycles. The number of halogens is 1. The van der Waals surface area contributed by atoms with E-state index >= 15 is 0 Å². The van der Waals surface area contributed by atoms with Gasteiger partial charge in [-0.3, -0.25) is 20.2 Å². The van der Waals surface area contributed by atoms with Gasteiger partial charge in [-0.2, -0.15) is 5.10 Å². The maximum absolute atomic E-state index is 12.6. The molecule has 0 fully saturated rings. The molecule has 0 atom stereocenters. The van der Waals surface area contributed by atoms with Gasteiger partial charge in [0, 0.05) is 55.0 Å². The van der Waals surface area contributed by atoms with E-state index in [4.69, 9.17) is 25.8 Å². The Morgan fingerprint density at radius 3 is 2.50 bits per heavy atom. The van der Waals surface area contributed by atoms with Gasteiger partial charge in [-0.15, -0.1) is 0 Å². The van der Waals surface area contributed by atoms with Crippen LogP contribution >= 0.6 is 11.6 Å². The zero-order chi connectivity index (χ0) is 28.9.